The van der Waals surface area contributed by atoms with Gasteiger partial charge in [0, 0.05) is 11.3 Å². The largest absolute Gasteiger partial charge is 0.497 e. The molecule has 5 heteroatoms. The molecular weight excluding hydrogens is 252 g/mol. The van der Waals surface area contributed by atoms with Gasteiger partial charge >= 0.3 is 5.97 Å². The minimum Gasteiger partial charge on any atom is -0.497 e. The number of rotatable bonds is 6. The lowest BCUT2D eigenvalue weighted by molar-refractivity contribution is -0.142. The predicted octanol–water partition coefficient (Wildman–Crippen LogP) is 2.52. The summed E-state index contributed by atoms with van der Waals surface area (Å²) in [5.41, 5.74) is 0.602. The van der Waals surface area contributed by atoms with Crippen LogP contribution in [0.5, 0.6) is 5.75 Å². The van der Waals surface area contributed by atoms with Gasteiger partial charge in [-0.1, -0.05) is 11.8 Å². The molecule has 18 heavy (non-hydrogen) atoms. The molecule has 0 aliphatic rings. The van der Waals surface area contributed by atoms with Crippen molar-refractivity contribution in [2.24, 2.45) is 0 Å². The molecule has 0 spiro atoms. The van der Waals surface area contributed by atoms with E-state index in [1.165, 1.54) is 0 Å². The van der Waals surface area contributed by atoms with E-state index in [1.807, 2.05) is 0 Å². The highest BCUT2D eigenvalue weighted by Crippen LogP contribution is 2.17. The molecular formula is C13H16O4S. The number of carbonyl (C=O) groups excluding carboxylic acids is 2. The van der Waals surface area contributed by atoms with Crippen molar-refractivity contribution in [2.45, 2.75) is 13.3 Å². The van der Waals surface area contributed by atoms with Crippen LogP contribution in [0, 0.1) is 0 Å². The van der Waals surface area contributed by atoms with E-state index >= 15 is 0 Å². The van der Waals surface area contributed by atoms with E-state index < -0.39 is 0 Å². The van der Waals surface area contributed by atoms with Crippen LogP contribution in [-0.4, -0.2) is 30.6 Å². The van der Waals surface area contributed by atoms with Gasteiger partial charge in [0.15, 0.2) is 0 Å². The second-order valence-corrected chi connectivity index (χ2v) is 4.49. The first kappa shape index (κ1) is 14.6. The molecule has 0 N–H and O–H groups in total. The topological polar surface area (TPSA) is 52.6 Å². The number of benzene rings is 1. The highest BCUT2D eigenvalue weighted by atomic mass is 32.2. The van der Waals surface area contributed by atoms with Crippen molar-refractivity contribution in [3.63, 3.8) is 0 Å². The summed E-state index contributed by atoms with van der Waals surface area (Å²) in [6.45, 7) is 2.13. The molecule has 0 saturated carbocycles. The minimum absolute atomic E-state index is 0.0537. The van der Waals surface area contributed by atoms with Gasteiger partial charge in [-0.05, 0) is 31.2 Å². The summed E-state index contributed by atoms with van der Waals surface area (Å²) >= 11 is 1.12. The summed E-state index contributed by atoms with van der Waals surface area (Å²) in [7, 11) is 1.57. The average Bonchev–Trinajstić information content (AvgIpc) is 2.39. The predicted molar refractivity (Wildman–Crippen MR) is 71.0 cm³/mol. The number of esters is 1. The zero-order valence-electron chi connectivity index (χ0n) is 10.5. The third kappa shape index (κ3) is 4.79. The standard InChI is InChI=1S/C13H16O4S/c1-3-17-12(14)8-9-18-13(15)10-4-6-11(16-2)7-5-10/h4-7H,3,8-9H2,1-2H3. The Morgan fingerprint density at radius 2 is 1.89 bits per heavy atom. The van der Waals surface area contributed by atoms with Gasteiger partial charge < -0.3 is 9.47 Å². The molecule has 0 aliphatic heterocycles. The normalized spacial score (nSPS) is 9.89. The van der Waals surface area contributed by atoms with Crippen molar-refractivity contribution in [1.29, 1.82) is 0 Å². The fourth-order valence-electron chi connectivity index (χ4n) is 1.27. The highest BCUT2D eigenvalue weighted by molar-refractivity contribution is 8.14. The number of hydrogen-bond donors (Lipinski definition) is 0. The van der Waals surface area contributed by atoms with Crippen molar-refractivity contribution >= 4 is 22.8 Å². The Bertz CT molecular complexity index is 400. The van der Waals surface area contributed by atoms with Crippen molar-refractivity contribution < 1.29 is 19.1 Å². The van der Waals surface area contributed by atoms with Crippen molar-refractivity contribution in [1.82, 2.24) is 0 Å². The van der Waals surface area contributed by atoms with E-state index in [2.05, 4.69) is 0 Å². The first-order valence-electron chi connectivity index (χ1n) is 5.64. The molecule has 1 rings (SSSR count). The van der Waals surface area contributed by atoms with E-state index in [0.29, 0.717) is 23.7 Å². The van der Waals surface area contributed by atoms with Gasteiger partial charge in [0.1, 0.15) is 5.75 Å². The summed E-state index contributed by atoms with van der Waals surface area (Å²) in [6, 6.07) is 6.88. The summed E-state index contributed by atoms with van der Waals surface area (Å²) in [5, 5.41) is -0.0537. The van der Waals surface area contributed by atoms with Gasteiger partial charge in [0.2, 0.25) is 5.12 Å². The zero-order valence-corrected chi connectivity index (χ0v) is 11.3. The fourth-order valence-corrected chi connectivity index (χ4v) is 2.03. The number of hydrogen-bond acceptors (Lipinski definition) is 5. The first-order chi connectivity index (χ1) is 8.67. The monoisotopic (exact) mass is 268 g/mol. The summed E-state index contributed by atoms with van der Waals surface area (Å²) in [5.74, 6) is 0.875. The average molecular weight is 268 g/mol. The third-order valence-electron chi connectivity index (χ3n) is 2.17. The SMILES string of the molecule is CCOC(=O)CCSC(=O)c1ccc(OC)cc1. The molecule has 4 nitrogen and oxygen atoms in total. The van der Waals surface area contributed by atoms with Gasteiger partial charge in [0.05, 0.1) is 20.1 Å². The van der Waals surface area contributed by atoms with Crippen LogP contribution >= 0.6 is 11.8 Å². The number of methoxy groups -OCH3 is 1. The van der Waals surface area contributed by atoms with E-state index in [1.54, 1.807) is 38.3 Å². The van der Waals surface area contributed by atoms with Crippen LogP contribution in [0.15, 0.2) is 24.3 Å². The van der Waals surface area contributed by atoms with E-state index in [4.69, 9.17) is 9.47 Å². The lowest BCUT2D eigenvalue weighted by Crippen LogP contribution is -2.06. The maximum absolute atomic E-state index is 11.8. The molecule has 98 valence electrons. The minimum atomic E-state index is -0.271. The third-order valence-corrected chi connectivity index (χ3v) is 3.08. The molecule has 0 saturated heterocycles. The van der Waals surface area contributed by atoms with E-state index in [-0.39, 0.29) is 17.5 Å². The van der Waals surface area contributed by atoms with Crippen molar-refractivity contribution in [3.05, 3.63) is 29.8 Å². The van der Waals surface area contributed by atoms with Crippen LogP contribution in [0.3, 0.4) is 0 Å². The maximum atomic E-state index is 11.8. The second kappa shape index (κ2) is 7.76. The first-order valence-corrected chi connectivity index (χ1v) is 6.62. The lowest BCUT2D eigenvalue weighted by atomic mass is 10.2. The van der Waals surface area contributed by atoms with E-state index in [9.17, 15) is 9.59 Å². The van der Waals surface area contributed by atoms with Crippen molar-refractivity contribution in [2.75, 3.05) is 19.5 Å². The molecule has 1 aromatic carbocycles. The molecule has 0 unspecified atom stereocenters. The maximum Gasteiger partial charge on any atom is 0.306 e. The van der Waals surface area contributed by atoms with Crippen LogP contribution in [0.4, 0.5) is 0 Å². The van der Waals surface area contributed by atoms with Crippen molar-refractivity contribution in [3.8, 4) is 5.75 Å². The fraction of sp³-hybridized carbons (Fsp3) is 0.385. The summed E-state index contributed by atoms with van der Waals surface area (Å²) < 4.78 is 9.79. The Hall–Kier alpha value is -1.49. The molecule has 0 heterocycles. The smallest absolute Gasteiger partial charge is 0.306 e. The van der Waals surface area contributed by atoms with Crippen LogP contribution < -0.4 is 4.74 Å². The molecule has 0 radical (unpaired) electrons. The van der Waals surface area contributed by atoms with Crippen LogP contribution in [0.25, 0.3) is 0 Å². The van der Waals surface area contributed by atoms with Gasteiger partial charge in [-0.15, -0.1) is 0 Å². The lowest BCUT2D eigenvalue weighted by Gasteiger charge is -2.03. The molecule has 1 aromatic rings. The Labute approximate surface area is 111 Å². The molecule has 0 amide bonds. The Morgan fingerprint density at radius 3 is 2.44 bits per heavy atom. The Morgan fingerprint density at radius 1 is 1.22 bits per heavy atom. The summed E-state index contributed by atoms with van der Waals surface area (Å²) in [4.78, 5) is 22.8. The molecule has 0 aromatic heterocycles. The van der Waals surface area contributed by atoms with Gasteiger partial charge in [-0.2, -0.15) is 0 Å². The van der Waals surface area contributed by atoms with E-state index in [0.717, 1.165) is 11.8 Å². The highest BCUT2D eigenvalue weighted by Gasteiger charge is 2.08. The van der Waals surface area contributed by atoms with Crippen LogP contribution in [0.2, 0.25) is 0 Å². The van der Waals surface area contributed by atoms with Gasteiger partial charge in [-0.3, -0.25) is 9.59 Å². The molecule has 0 aliphatic carbocycles. The van der Waals surface area contributed by atoms with Crippen LogP contribution in [0.1, 0.15) is 23.7 Å². The Kier molecular flexibility index (Phi) is 6.28. The zero-order chi connectivity index (χ0) is 13.4. The van der Waals surface area contributed by atoms with Gasteiger partial charge in [-0.25, -0.2) is 0 Å². The van der Waals surface area contributed by atoms with Gasteiger partial charge in [0.25, 0.3) is 0 Å². The summed E-state index contributed by atoms with van der Waals surface area (Å²) in [6.07, 6.45) is 0.250. The number of thioether (sulfide) groups is 1. The second-order valence-electron chi connectivity index (χ2n) is 3.42. The number of ether oxygens (including phenoxy) is 2. The molecule has 0 atom stereocenters. The van der Waals surface area contributed by atoms with Crippen LogP contribution in [-0.2, 0) is 9.53 Å². The molecule has 0 bridgehead atoms. The number of carbonyl (C=O) groups is 2. The molecule has 0 fully saturated rings. The Balaban J connectivity index is 2.38. The quantitative estimate of drug-likeness (QED) is 0.742.